The van der Waals surface area contributed by atoms with Crippen molar-refractivity contribution in [3.05, 3.63) is 150 Å². The molecule has 6 rings (SSSR count). The number of pyridine rings is 4. The molecule has 0 aliphatic rings. The van der Waals surface area contributed by atoms with Crippen molar-refractivity contribution in [1.29, 1.82) is 0 Å². The minimum Gasteiger partial charge on any atom is -0.573 e. The van der Waals surface area contributed by atoms with E-state index in [0.29, 0.717) is 34.2 Å². The van der Waals surface area contributed by atoms with E-state index in [1.807, 2.05) is 66.7 Å². The predicted molar refractivity (Wildman–Crippen MR) is 155 cm³/mol. The summed E-state index contributed by atoms with van der Waals surface area (Å²) in [5.74, 6) is -1.47. The first kappa shape index (κ1) is 30.0. The number of halogens is 2. The fourth-order valence-corrected chi connectivity index (χ4v) is 4.95. The minimum atomic E-state index is -1.21. The summed E-state index contributed by atoms with van der Waals surface area (Å²) in [7, 11) is 0. The number of aromatic nitrogens is 6. The van der Waals surface area contributed by atoms with Gasteiger partial charge in [0.1, 0.15) is 5.41 Å². The summed E-state index contributed by atoms with van der Waals surface area (Å²) in [6, 6.07) is 28.7. The molecule has 0 spiro atoms. The zero-order chi connectivity index (χ0) is 29.3. The summed E-state index contributed by atoms with van der Waals surface area (Å²) in [5, 5.41) is 8.83. The Balaban J connectivity index is 0.00000368. The molecular weight excluding hydrogens is 725 g/mol. The van der Waals surface area contributed by atoms with E-state index < -0.39 is 17.0 Å². The summed E-state index contributed by atoms with van der Waals surface area (Å²) in [6.07, 6.45) is 3.40. The fraction of sp³-hybridized carbons (Fsp3) is 0.147. The molecule has 0 fully saturated rings. The van der Waals surface area contributed by atoms with Crippen molar-refractivity contribution in [2.75, 3.05) is 0 Å². The summed E-state index contributed by atoms with van der Waals surface area (Å²) in [6.45, 7) is 6.24. The zero-order valence-electron chi connectivity index (χ0n) is 23.6. The Hall–Kier alpha value is -4.42. The van der Waals surface area contributed by atoms with Crippen molar-refractivity contribution in [2.24, 2.45) is 0 Å². The van der Waals surface area contributed by atoms with E-state index in [4.69, 9.17) is 19.9 Å². The van der Waals surface area contributed by atoms with E-state index in [1.165, 1.54) is 0 Å². The molecule has 0 saturated carbocycles. The van der Waals surface area contributed by atoms with Crippen LogP contribution < -0.4 is 5.10 Å². The molecule has 0 aliphatic heterocycles. The Kier molecular flexibility index (Phi) is 8.43. The van der Waals surface area contributed by atoms with Crippen LogP contribution >= 0.6 is 0 Å². The molecule has 5 aromatic heterocycles. The van der Waals surface area contributed by atoms with Crippen LogP contribution in [0.2, 0.25) is 0 Å². The van der Waals surface area contributed by atoms with Crippen LogP contribution in [0.1, 0.15) is 49.2 Å². The Morgan fingerprint density at radius 1 is 0.674 bits per heavy atom. The van der Waals surface area contributed by atoms with Gasteiger partial charge in [-0.2, -0.15) is 0 Å². The monoisotopic (exact) mass is 751 g/mol. The normalized spacial score (nSPS) is 11.7. The van der Waals surface area contributed by atoms with Crippen LogP contribution in [0.4, 0.5) is 8.78 Å². The van der Waals surface area contributed by atoms with E-state index in [2.05, 4.69) is 37.0 Å². The molecule has 0 amide bonds. The molecular formula is C34H26F2N6Pt. The molecule has 0 N–H and O–H groups in total. The Morgan fingerprint density at radius 2 is 1.26 bits per heavy atom. The summed E-state index contributed by atoms with van der Waals surface area (Å²) in [5.41, 5.74) is 3.40. The van der Waals surface area contributed by atoms with Crippen LogP contribution in [0.25, 0.3) is 22.6 Å². The molecule has 0 aliphatic carbocycles. The number of hydrogen-bond acceptors (Lipinski definition) is 5. The topological polar surface area (TPSA) is 78.5 Å². The van der Waals surface area contributed by atoms with Gasteiger partial charge in [-0.15, -0.1) is 12.1 Å². The van der Waals surface area contributed by atoms with E-state index in [0.717, 1.165) is 17.8 Å². The number of nitrogens with zero attached hydrogens (tertiary/aromatic N) is 6. The predicted octanol–water partition coefficient (Wildman–Crippen LogP) is 6.71. The summed E-state index contributed by atoms with van der Waals surface area (Å²) in [4.78, 5) is 19.6. The van der Waals surface area contributed by atoms with Crippen molar-refractivity contribution >= 4 is 0 Å². The summed E-state index contributed by atoms with van der Waals surface area (Å²) < 4.78 is 28.6. The van der Waals surface area contributed by atoms with Gasteiger partial charge >= 0.3 is 21.1 Å². The Bertz CT molecular complexity index is 1810. The maximum atomic E-state index is 14.9. The molecule has 0 radical (unpaired) electrons. The van der Waals surface area contributed by atoms with E-state index >= 15 is 0 Å². The molecule has 9 heteroatoms. The smallest absolute Gasteiger partial charge is 0.573 e. The minimum absolute atomic E-state index is 0. The molecule has 6 aromatic rings. The van der Waals surface area contributed by atoms with Gasteiger partial charge in [-0.05, 0) is 48.2 Å². The molecule has 1 aromatic carbocycles. The van der Waals surface area contributed by atoms with Crippen molar-refractivity contribution in [2.45, 2.75) is 31.6 Å². The SMILES string of the molecule is CC(C)(C)c1cc(-c2cccc(C(c3ccccn3)(c3ccccn3)c3cccc(-c4[c-]cc(F)cc4F)n3)n2)[n-]n1.[Pt+2]. The first-order valence-electron chi connectivity index (χ1n) is 13.4. The van der Waals surface area contributed by atoms with Gasteiger partial charge in [0.2, 0.25) is 0 Å². The second kappa shape index (κ2) is 12.1. The van der Waals surface area contributed by atoms with Crippen LogP contribution in [0, 0.1) is 17.7 Å². The van der Waals surface area contributed by atoms with Crippen LogP contribution in [-0.2, 0) is 31.9 Å². The quantitative estimate of drug-likeness (QED) is 0.176. The van der Waals surface area contributed by atoms with Crippen molar-refractivity contribution in [3.8, 4) is 22.6 Å². The van der Waals surface area contributed by atoms with E-state index in [-0.39, 0.29) is 37.7 Å². The molecule has 0 unspecified atom stereocenters. The Labute approximate surface area is 263 Å². The van der Waals surface area contributed by atoms with Crippen LogP contribution in [0.5, 0.6) is 0 Å². The third-order valence-corrected chi connectivity index (χ3v) is 7.05. The molecule has 0 atom stereocenters. The maximum Gasteiger partial charge on any atom is 2.00 e. The molecule has 43 heavy (non-hydrogen) atoms. The molecule has 0 bridgehead atoms. The standard InChI is InChI=1S/C34H26F2N6.Pt/c1-33(2,3)32-21-27(41-42-32)26-11-9-15-31(40-26)34(28-12-4-6-18-37-28,29-13-5-7-19-38-29)30-14-8-10-25(39-30)23-17-16-22(35)20-24(23)36;/h4-16,18-21H,1-3H3;/q-2;+2. The van der Waals surface area contributed by atoms with Gasteiger partial charge in [-0.1, -0.05) is 74.5 Å². The van der Waals surface area contributed by atoms with Gasteiger partial charge in [0.15, 0.2) is 0 Å². The van der Waals surface area contributed by atoms with Crippen LogP contribution in [0.3, 0.4) is 0 Å². The molecule has 6 nitrogen and oxygen atoms in total. The summed E-state index contributed by atoms with van der Waals surface area (Å²) >= 11 is 0. The first-order valence-corrected chi connectivity index (χ1v) is 13.4. The van der Waals surface area contributed by atoms with Gasteiger partial charge < -0.3 is 10.2 Å². The van der Waals surface area contributed by atoms with Gasteiger partial charge in [0.05, 0.1) is 22.8 Å². The van der Waals surface area contributed by atoms with Gasteiger partial charge in [0, 0.05) is 40.8 Å². The van der Waals surface area contributed by atoms with Crippen molar-refractivity contribution in [1.82, 2.24) is 30.1 Å². The van der Waals surface area contributed by atoms with E-state index in [1.54, 1.807) is 24.5 Å². The van der Waals surface area contributed by atoms with Crippen LogP contribution in [-0.4, -0.2) is 25.0 Å². The Morgan fingerprint density at radius 3 is 1.79 bits per heavy atom. The largest absolute Gasteiger partial charge is 2.00 e. The van der Waals surface area contributed by atoms with Gasteiger partial charge in [0.25, 0.3) is 0 Å². The number of rotatable bonds is 6. The zero-order valence-corrected chi connectivity index (χ0v) is 25.8. The van der Waals surface area contributed by atoms with Gasteiger partial charge in [-0.3, -0.25) is 28.7 Å². The second-order valence-electron chi connectivity index (χ2n) is 10.9. The first-order chi connectivity index (χ1) is 20.3. The van der Waals surface area contributed by atoms with Crippen molar-refractivity contribution < 1.29 is 29.8 Å². The maximum absolute atomic E-state index is 14.9. The van der Waals surface area contributed by atoms with E-state index in [9.17, 15) is 8.78 Å². The third-order valence-electron chi connectivity index (χ3n) is 7.05. The molecule has 5 heterocycles. The number of hydrogen-bond donors (Lipinski definition) is 0. The van der Waals surface area contributed by atoms with Crippen molar-refractivity contribution in [3.63, 3.8) is 0 Å². The van der Waals surface area contributed by atoms with Gasteiger partial charge in [-0.25, -0.2) is 0 Å². The number of benzene rings is 1. The molecule has 216 valence electrons. The second-order valence-corrected chi connectivity index (χ2v) is 10.9. The average Bonchev–Trinajstić information content (AvgIpc) is 3.51. The third kappa shape index (κ3) is 5.67. The molecule has 0 saturated heterocycles. The average molecular weight is 752 g/mol. The van der Waals surface area contributed by atoms with Crippen LogP contribution in [0.15, 0.2) is 103 Å². The fourth-order valence-electron chi connectivity index (χ4n) is 4.95.